The van der Waals surface area contributed by atoms with Gasteiger partial charge in [-0.05, 0) is 12.1 Å². The number of pyridine rings is 1. The normalized spacial score (nSPS) is 14.8. The van der Waals surface area contributed by atoms with Crippen LogP contribution in [-0.2, 0) is 7.05 Å². The van der Waals surface area contributed by atoms with Crippen molar-refractivity contribution in [2.45, 2.75) is 18.9 Å². The zero-order chi connectivity index (χ0) is 22.2. The molecule has 32 heavy (non-hydrogen) atoms. The number of hydrogen-bond donors (Lipinski definition) is 0. The SMILES string of the molecule is Cn1cc(-c2nc3cnc(Cl)cc3nc2N2CCC(Oc3ccc(F)cc3F)CC2)cn1. The predicted octanol–water partition coefficient (Wildman–Crippen LogP) is 4.40. The fourth-order valence-corrected chi connectivity index (χ4v) is 3.97. The van der Waals surface area contributed by atoms with Crippen molar-refractivity contribution in [3.05, 3.63) is 59.6 Å². The third-order valence-corrected chi connectivity index (χ3v) is 5.61. The zero-order valence-corrected chi connectivity index (χ0v) is 17.9. The summed E-state index contributed by atoms with van der Waals surface area (Å²) in [5.41, 5.74) is 2.85. The highest BCUT2D eigenvalue weighted by Gasteiger charge is 2.26. The summed E-state index contributed by atoms with van der Waals surface area (Å²) in [6.07, 6.45) is 6.36. The molecule has 1 fully saturated rings. The third kappa shape index (κ3) is 4.08. The van der Waals surface area contributed by atoms with Crippen LogP contribution in [0.3, 0.4) is 0 Å². The maximum absolute atomic E-state index is 14.0. The molecule has 0 radical (unpaired) electrons. The number of rotatable bonds is 4. The molecular weight excluding hydrogens is 438 g/mol. The number of aryl methyl sites for hydroxylation is 1. The molecule has 0 amide bonds. The number of aromatic nitrogens is 5. The van der Waals surface area contributed by atoms with Crippen LogP contribution >= 0.6 is 11.6 Å². The number of piperidine rings is 1. The minimum Gasteiger partial charge on any atom is -0.487 e. The van der Waals surface area contributed by atoms with Gasteiger partial charge in [-0.1, -0.05) is 11.6 Å². The second-order valence-corrected chi connectivity index (χ2v) is 8.06. The van der Waals surface area contributed by atoms with Crippen LogP contribution in [0.4, 0.5) is 14.6 Å². The van der Waals surface area contributed by atoms with Crippen LogP contribution in [0.15, 0.2) is 42.9 Å². The van der Waals surface area contributed by atoms with E-state index in [-0.39, 0.29) is 11.9 Å². The molecule has 3 aromatic heterocycles. The average molecular weight is 457 g/mol. The van der Waals surface area contributed by atoms with Gasteiger partial charge in [0, 0.05) is 56.9 Å². The Kier molecular flexibility index (Phi) is 5.34. The molecule has 0 unspecified atom stereocenters. The quantitative estimate of drug-likeness (QED) is 0.424. The van der Waals surface area contributed by atoms with E-state index in [0.29, 0.717) is 47.8 Å². The van der Waals surface area contributed by atoms with Crippen molar-refractivity contribution in [2.24, 2.45) is 7.05 Å². The highest BCUT2D eigenvalue weighted by atomic mass is 35.5. The van der Waals surface area contributed by atoms with E-state index in [9.17, 15) is 8.78 Å². The molecule has 4 aromatic rings. The van der Waals surface area contributed by atoms with E-state index >= 15 is 0 Å². The van der Waals surface area contributed by atoms with Crippen molar-refractivity contribution in [2.75, 3.05) is 18.0 Å². The van der Waals surface area contributed by atoms with Gasteiger partial charge < -0.3 is 9.64 Å². The lowest BCUT2D eigenvalue weighted by Crippen LogP contribution is -2.39. The number of anilines is 1. The largest absolute Gasteiger partial charge is 0.487 e. The van der Waals surface area contributed by atoms with Gasteiger partial charge >= 0.3 is 0 Å². The van der Waals surface area contributed by atoms with Gasteiger partial charge in [0.2, 0.25) is 0 Å². The zero-order valence-electron chi connectivity index (χ0n) is 17.2. The van der Waals surface area contributed by atoms with Crippen LogP contribution < -0.4 is 9.64 Å². The number of halogens is 3. The molecule has 7 nitrogen and oxygen atoms in total. The molecule has 10 heteroatoms. The molecule has 1 aromatic carbocycles. The molecule has 0 N–H and O–H groups in total. The minimum atomic E-state index is -0.697. The molecule has 1 saturated heterocycles. The molecule has 4 heterocycles. The van der Waals surface area contributed by atoms with Gasteiger partial charge in [0.05, 0.1) is 17.9 Å². The van der Waals surface area contributed by atoms with Gasteiger partial charge in [0.15, 0.2) is 17.4 Å². The lowest BCUT2D eigenvalue weighted by Gasteiger charge is -2.33. The van der Waals surface area contributed by atoms with Gasteiger partial charge in [-0.2, -0.15) is 5.10 Å². The Balaban J connectivity index is 1.41. The summed E-state index contributed by atoms with van der Waals surface area (Å²) in [4.78, 5) is 15.9. The van der Waals surface area contributed by atoms with Gasteiger partial charge in [-0.3, -0.25) is 4.68 Å². The van der Waals surface area contributed by atoms with Crippen LogP contribution in [-0.4, -0.2) is 43.9 Å². The summed E-state index contributed by atoms with van der Waals surface area (Å²) in [5, 5.41) is 4.61. The molecule has 0 saturated carbocycles. The van der Waals surface area contributed by atoms with Crippen LogP contribution in [0, 0.1) is 11.6 Å². The first-order valence-electron chi connectivity index (χ1n) is 10.2. The fourth-order valence-electron chi connectivity index (χ4n) is 3.82. The Morgan fingerprint density at radius 3 is 2.59 bits per heavy atom. The Morgan fingerprint density at radius 1 is 1.06 bits per heavy atom. The van der Waals surface area contributed by atoms with Crippen molar-refractivity contribution in [1.82, 2.24) is 24.7 Å². The van der Waals surface area contributed by atoms with E-state index < -0.39 is 11.6 Å². The number of hydrogen-bond acceptors (Lipinski definition) is 6. The number of ether oxygens (including phenoxy) is 1. The van der Waals surface area contributed by atoms with E-state index in [1.165, 1.54) is 12.1 Å². The van der Waals surface area contributed by atoms with Crippen LogP contribution in [0.5, 0.6) is 5.75 Å². The van der Waals surface area contributed by atoms with E-state index in [0.717, 1.165) is 17.4 Å². The van der Waals surface area contributed by atoms with Gasteiger partial charge in [-0.25, -0.2) is 23.7 Å². The summed E-state index contributed by atoms with van der Waals surface area (Å²) < 4.78 is 34.6. The number of benzene rings is 1. The summed E-state index contributed by atoms with van der Waals surface area (Å²) in [6, 6.07) is 5.03. The van der Waals surface area contributed by atoms with Crippen LogP contribution in [0.1, 0.15) is 12.8 Å². The van der Waals surface area contributed by atoms with Crippen molar-refractivity contribution >= 4 is 28.5 Å². The maximum atomic E-state index is 14.0. The standard InChI is InChI=1S/C22H19ClF2N6O/c1-30-12-13(10-27-30)21-22(29-17-9-20(23)26-11-18(17)28-21)31-6-4-15(5-7-31)32-19-3-2-14(24)8-16(19)25/h2-3,8-12,15H,4-7H2,1H3. The molecule has 1 aliphatic heterocycles. The molecular formula is C22H19ClF2N6O. The van der Waals surface area contributed by atoms with Gasteiger partial charge in [-0.15, -0.1) is 0 Å². The van der Waals surface area contributed by atoms with E-state index in [1.54, 1.807) is 23.1 Å². The van der Waals surface area contributed by atoms with Crippen molar-refractivity contribution in [3.63, 3.8) is 0 Å². The summed E-state index contributed by atoms with van der Waals surface area (Å²) in [7, 11) is 1.84. The van der Waals surface area contributed by atoms with Crippen molar-refractivity contribution in [3.8, 4) is 17.0 Å². The molecule has 1 aliphatic rings. The Labute approximate surface area is 187 Å². The molecule has 0 aliphatic carbocycles. The van der Waals surface area contributed by atoms with E-state index in [2.05, 4.69) is 15.0 Å². The first-order valence-corrected chi connectivity index (χ1v) is 10.5. The second-order valence-electron chi connectivity index (χ2n) is 7.67. The second kappa shape index (κ2) is 8.31. The Morgan fingerprint density at radius 2 is 1.88 bits per heavy atom. The summed E-state index contributed by atoms with van der Waals surface area (Å²) in [6.45, 7) is 1.28. The molecule has 5 rings (SSSR count). The Bertz CT molecular complexity index is 1290. The van der Waals surface area contributed by atoms with Crippen molar-refractivity contribution in [1.29, 1.82) is 0 Å². The first-order chi connectivity index (χ1) is 15.5. The number of fused-ring (bicyclic) bond motifs is 1. The van der Waals surface area contributed by atoms with Crippen LogP contribution in [0.2, 0.25) is 5.15 Å². The topological polar surface area (TPSA) is 69.0 Å². The van der Waals surface area contributed by atoms with Crippen molar-refractivity contribution < 1.29 is 13.5 Å². The highest BCUT2D eigenvalue weighted by molar-refractivity contribution is 6.29. The predicted molar refractivity (Wildman–Crippen MR) is 117 cm³/mol. The van der Waals surface area contributed by atoms with Crippen LogP contribution in [0.25, 0.3) is 22.3 Å². The lowest BCUT2D eigenvalue weighted by molar-refractivity contribution is 0.163. The minimum absolute atomic E-state index is 0.0635. The van der Waals surface area contributed by atoms with Gasteiger partial charge in [0.25, 0.3) is 0 Å². The van der Waals surface area contributed by atoms with Gasteiger partial charge in [0.1, 0.15) is 28.3 Å². The summed E-state index contributed by atoms with van der Waals surface area (Å²) >= 11 is 6.06. The van der Waals surface area contributed by atoms with E-state index in [4.69, 9.17) is 26.3 Å². The first kappa shape index (κ1) is 20.6. The number of nitrogens with zero attached hydrogens (tertiary/aromatic N) is 6. The smallest absolute Gasteiger partial charge is 0.167 e. The third-order valence-electron chi connectivity index (χ3n) is 5.41. The molecule has 0 bridgehead atoms. The monoisotopic (exact) mass is 456 g/mol. The average Bonchev–Trinajstić information content (AvgIpc) is 3.21. The summed E-state index contributed by atoms with van der Waals surface area (Å²) in [5.74, 6) is -0.539. The fraction of sp³-hybridized carbons (Fsp3) is 0.273. The van der Waals surface area contributed by atoms with E-state index in [1.807, 2.05) is 13.2 Å². The highest BCUT2D eigenvalue weighted by Crippen LogP contribution is 2.32. The molecule has 0 spiro atoms. The molecule has 0 atom stereocenters. The lowest BCUT2D eigenvalue weighted by atomic mass is 10.1. The maximum Gasteiger partial charge on any atom is 0.167 e. The Hall–Kier alpha value is -3.33. The molecule has 164 valence electrons.